The van der Waals surface area contributed by atoms with E-state index in [0.29, 0.717) is 0 Å². The van der Waals surface area contributed by atoms with Crippen LogP contribution in [-0.2, 0) is 16.2 Å². The molecule has 298 valence electrons. The molecule has 0 aliphatic heterocycles. The van der Waals surface area contributed by atoms with Crippen LogP contribution < -0.4 is 4.90 Å². The maximum absolute atomic E-state index is 6.57. The molecule has 0 amide bonds. The van der Waals surface area contributed by atoms with Crippen molar-refractivity contribution in [2.75, 3.05) is 4.90 Å². The van der Waals surface area contributed by atoms with Crippen molar-refractivity contribution in [2.45, 2.75) is 78.6 Å². The van der Waals surface area contributed by atoms with Crippen LogP contribution in [-0.4, -0.2) is 0 Å². The van der Waals surface area contributed by atoms with Gasteiger partial charge < -0.3 is 9.32 Å². The van der Waals surface area contributed by atoms with Gasteiger partial charge in [-0.1, -0.05) is 190 Å². The Morgan fingerprint density at radius 2 is 0.950 bits per heavy atom. The van der Waals surface area contributed by atoms with Gasteiger partial charge >= 0.3 is 0 Å². The number of hydrogen-bond donors (Lipinski definition) is 0. The van der Waals surface area contributed by atoms with E-state index in [0.717, 1.165) is 44.6 Å². The lowest BCUT2D eigenvalue weighted by Gasteiger charge is -2.31. The molecule has 8 aromatic carbocycles. The van der Waals surface area contributed by atoms with E-state index in [1.54, 1.807) is 0 Å². The molecule has 0 bridgehead atoms. The first kappa shape index (κ1) is 39.1. The van der Waals surface area contributed by atoms with Gasteiger partial charge in [0.1, 0.15) is 11.2 Å². The van der Waals surface area contributed by atoms with Gasteiger partial charge in [0.15, 0.2) is 0 Å². The van der Waals surface area contributed by atoms with Crippen molar-refractivity contribution >= 4 is 49.8 Å². The number of benzene rings is 8. The summed E-state index contributed by atoms with van der Waals surface area (Å²) < 4.78 is 6.57. The molecule has 60 heavy (non-hydrogen) atoms. The number of rotatable bonds is 6. The number of furan rings is 1. The Bertz CT molecular complexity index is 3000. The maximum Gasteiger partial charge on any atom is 0.137 e. The molecule has 1 heterocycles. The molecule has 2 heteroatoms. The number of nitrogens with zero attached hydrogens (tertiary/aromatic N) is 1. The van der Waals surface area contributed by atoms with Crippen molar-refractivity contribution in [1.82, 2.24) is 0 Å². The predicted octanol–water partition coefficient (Wildman–Crippen LogP) is 17.1. The van der Waals surface area contributed by atoms with Crippen LogP contribution >= 0.6 is 0 Å². The van der Waals surface area contributed by atoms with Crippen molar-refractivity contribution in [1.29, 1.82) is 0 Å². The lowest BCUT2D eigenvalue weighted by molar-refractivity contribution is 0.569. The second-order valence-electron chi connectivity index (χ2n) is 19.5. The highest BCUT2D eigenvalue weighted by Gasteiger charge is 2.26. The molecule has 0 radical (unpaired) electrons. The second-order valence-corrected chi connectivity index (χ2v) is 19.5. The molecule has 2 nitrogen and oxygen atoms in total. The van der Waals surface area contributed by atoms with E-state index in [1.807, 2.05) is 6.07 Å². The van der Waals surface area contributed by atoms with Crippen LogP contribution in [0.5, 0.6) is 0 Å². The molecule has 0 spiro atoms. The summed E-state index contributed by atoms with van der Waals surface area (Å²) in [5, 5.41) is 4.70. The fraction of sp³-hybridized carbons (Fsp3) is 0.207. The van der Waals surface area contributed by atoms with Gasteiger partial charge in [-0.3, -0.25) is 0 Å². The topological polar surface area (TPSA) is 16.4 Å². The van der Waals surface area contributed by atoms with E-state index < -0.39 is 0 Å². The fourth-order valence-corrected chi connectivity index (χ4v) is 8.66. The normalized spacial score (nSPS) is 12.4. The Hall–Kier alpha value is -6.38. The molecule has 0 fully saturated rings. The van der Waals surface area contributed by atoms with E-state index >= 15 is 0 Å². The van der Waals surface area contributed by atoms with Crippen LogP contribution in [0.25, 0.3) is 66.1 Å². The summed E-state index contributed by atoms with van der Waals surface area (Å²) in [6.45, 7) is 20.8. The minimum atomic E-state index is -0.0332. The van der Waals surface area contributed by atoms with E-state index in [-0.39, 0.29) is 16.2 Å². The van der Waals surface area contributed by atoms with Gasteiger partial charge in [0.2, 0.25) is 0 Å². The van der Waals surface area contributed by atoms with E-state index in [1.165, 1.54) is 55.3 Å². The molecule has 9 aromatic rings. The summed E-state index contributed by atoms with van der Waals surface area (Å²) in [4.78, 5) is 2.45. The van der Waals surface area contributed by atoms with Gasteiger partial charge in [-0.05, 0) is 102 Å². The standard InChI is InChI=1S/C58H55NO/c1-56(2,3)41-29-32-52(50(36-41)38-19-11-10-12-20-38)59(44-30-31-48-47-24-14-16-28-53(47)60-54(48)37-44)51-27-15-13-23-46(51)49-26-18-22-39-21-17-25-45(55(39)49)40-33-42(57(4,5)6)35-43(34-40)58(7,8)9/h10-37H,1-9H3. The Morgan fingerprint density at radius 1 is 0.367 bits per heavy atom. The Balaban J connectivity index is 1.34. The SMILES string of the molecule is CC(C)(C)c1cc(-c2cccc3cccc(-c4ccccc4N(c4ccc5c(c4)oc4ccccc45)c4ccc(C(C)(C)C)cc4-c4ccccc4)c23)cc(C(C)(C)C)c1. The molecule has 9 rings (SSSR count). The third-order valence-electron chi connectivity index (χ3n) is 12.1. The van der Waals surface area contributed by atoms with Crippen LogP contribution in [0, 0.1) is 0 Å². The second kappa shape index (κ2) is 14.7. The Labute approximate surface area is 356 Å². The zero-order valence-electron chi connectivity index (χ0n) is 36.5. The van der Waals surface area contributed by atoms with Crippen LogP contribution in [0.1, 0.15) is 79.0 Å². The highest BCUT2D eigenvalue weighted by atomic mass is 16.3. The largest absolute Gasteiger partial charge is 0.456 e. The first-order valence-corrected chi connectivity index (χ1v) is 21.3. The zero-order chi connectivity index (χ0) is 42.0. The van der Waals surface area contributed by atoms with Gasteiger partial charge in [-0.2, -0.15) is 0 Å². The molecule has 1 aromatic heterocycles. The van der Waals surface area contributed by atoms with E-state index in [9.17, 15) is 0 Å². The fourth-order valence-electron chi connectivity index (χ4n) is 8.66. The molecular weight excluding hydrogens is 727 g/mol. The number of hydrogen-bond acceptors (Lipinski definition) is 2. The summed E-state index contributed by atoms with van der Waals surface area (Å²) >= 11 is 0. The Kier molecular flexibility index (Phi) is 9.59. The Morgan fingerprint density at radius 3 is 1.65 bits per heavy atom. The van der Waals surface area contributed by atoms with Crippen molar-refractivity contribution in [3.8, 4) is 33.4 Å². The third kappa shape index (κ3) is 7.19. The molecule has 0 aliphatic rings. The van der Waals surface area contributed by atoms with Crippen LogP contribution in [0.4, 0.5) is 17.1 Å². The smallest absolute Gasteiger partial charge is 0.137 e. The molecule has 0 aliphatic carbocycles. The van der Waals surface area contributed by atoms with Gasteiger partial charge in [-0.15, -0.1) is 0 Å². The average molecular weight is 782 g/mol. The zero-order valence-corrected chi connectivity index (χ0v) is 36.5. The molecule has 0 unspecified atom stereocenters. The minimum absolute atomic E-state index is 0.00350. The van der Waals surface area contributed by atoms with E-state index in [4.69, 9.17) is 4.42 Å². The van der Waals surface area contributed by atoms with E-state index in [2.05, 4.69) is 231 Å². The summed E-state index contributed by atoms with van der Waals surface area (Å²) in [6, 6.07) is 62.6. The minimum Gasteiger partial charge on any atom is -0.456 e. The maximum atomic E-state index is 6.57. The van der Waals surface area contributed by atoms with Crippen LogP contribution in [0.2, 0.25) is 0 Å². The monoisotopic (exact) mass is 781 g/mol. The van der Waals surface area contributed by atoms with Crippen molar-refractivity contribution in [3.05, 3.63) is 187 Å². The number of fused-ring (bicyclic) bond motifs is 4. The highest BCUT2D eigenvalue weighted by molar-refractivity contribution is 6.10. The summed E-state index contributed by atoms with van der Waals surface area (Å²) in [7, 11) is 0. The van der Waals surface area contributed by atoms with Gasteiger partial charge in [0.25, 0.3) is 0 Å². The molecule has 0 N–H and O–H groups in total. The number of para-hydroxylation sites is 2. The highest BCUT2D eigenvalue weighted by Crippen LogP contribution is 2.49. The molecular formula is C58H55NO. The lowest BCUT2D eigenvalue weighted by atomic mass is 9.78. The lowest BCUT2D eigenvalue weighted by Crippen LogP contribution is -2.16. The van der Waals surface area contributed by atoms with Gasteiger partial charge in [0.05, 0.1) is 11.4 Å². The van der Waals surface area contributed by atoms with Crippen LogP contribution in [0.3, 0.4) is 0 Å². The molecule has 0 atom stereocenters. The summed E-state index contributed by atoms with van der Waals surface area (Å²) in [6.07, 6.45) is 0. The summed E-state index contributed by atoms with van der Waals surface area (Å²) in [5.41, 5.74) is 16.1. The van der Waals surface area contributed by atoms with Crippen LogP contribution in [0.15, 0.2) is 174 Å². The molecule has 0 saturated carbocycles. The first-order chi connectivity index (χ1) is 28.6. The quantitative estimate of drug-likeness (QED) is 0.167. The van der Waals surface area contributed by atoms with Gasteiger partial charge in [-0.25, -0.2) is 0 Å². The van der Waals surface area contributed by atoms with Crippen molar-refractivity contribution < 1.29 is 4.42 Å². The number of anilines is 3. The third-order valence-corrected chi connectivity index (χ3v) is 12.1. The van der Waals surface area contributed by atoms with Gasteiger partial charge in [0, 0.05) is 33.7 Å². The summed E-state index contributed by atoms with van der Waals surface area (Å²) in [5.74, 6) is 0. The first-order valence-electron chi connectivity index (χ1n) is 21.3. The molecule has 0 saturated heterocycles. The predicted molar refractivity (Wildman–Crippen MR) is 258 cm³/mol. The van der Waals surface area contributed by atoms with Crippen molar-refractivity contribution in [3.63, 3.8) is 0 Å². The van der Waals surface area contributed by atoms with Crippen molar-refractivity contribution in [2.24, 2.45) is 0 Å². The average Bonchev–Trinajstić information content (AvgIpc) is 3.61.